The van der Waals surface area contributed by atoms with Crippen molar-refractivity contribution in [2.45, 2.75) is 0 Å². The number of nitrogens with two attached hydrogens (primary N) is 3. The number of nitro benzene ring substituents is 1. The number of hydrogen-bond acceptors (Lipinski definition) is 6. The molecule has 1 aromatic heterocycles. The van der Waals surface area contributed by atoms with Crippen LogP contribution in [0.5, 0.6) is 0 Å². The van der Waals surface area contributed by atoms with Gasteiger partial charge in [0, 0.05) is 6.07 Å². The van der Waals surface area contributed by atoms with E-state index < -0.39 is 4.92 Å². The Balaban J connectivity index is 2.58. The standard InChI is InChI=1S/C8H8N8O3/c9-7(10)13-8(11)12-3-1-2-4(16(17)18)6-5(3)14-19-15-6/h1-2H,(H6,9,10,11,12,13). The van der Waals surface area contributed by atoms with Gasteiger partial charge in [-0.3, -0.25) is 10.1 Å². The van der Waals surface area contributed by atoms with Crippen LogP contribution >= 0.6 is 0 Å². The maximum atomic E-state index is 10.8. The van der Waals surface area contributed by atoms with Crippen LogP contribution in [0.4, 0.5) is 11.4 Å². The van der Waals surface area contributed by atoms with E-state index in [2.05, 4.69) is 24.9 Å². The molecule has 2 rings (SSSR count). The lowest BCUT2D eigenvalue weighted by Gasteiger charge is -1.97. The number of rotatable bonds is 2. The molecule has 1 aromatic carbocycles. The predicted molar refractivity (Wildman–Crippen MR) is 65.6 cm³/mol. The van der Waals surface area contributed by atoms with Gasteiger partial charge in [0.05, 0.1) is 10.6 Å². The predicted octanol–water partition coefficient (Wildman–Crippen LogP) is -0.649. The molecule has 0 saturated carbocycles. The molecule has 0 aliphatic rings. The summed E-state index contributed by atoms with van der Waals surface area (Å²) in [6.07, 6.45) is 0. The first-order chi connectivity index (χ1) is 8.99. The zero-order valence-electron chi connectivity index (χ0n) is 9.35. The number of guanidine groups is 2. The first kappa shape index (κ1) is 12.2. The van der Waals surface area contributed by atoms with Crippen LogP contribution < -0.4 is 17.2 Å². The molecule has 0 unspecified atom stereocenters. The molecule has 98 valence electrons. The van der Waals surface area contributed by atoms with E-state index in [4.69, 9.17) is 17.2 Å². The van der Waals surface area contributed by atoms with E-state index in [1.165, 1.54) is 12.1 Å². The van der Waals surface area contributed by atoms with Gasteiger partial charge in [0.25, 0.3) is 0 Å². The Morgan fingerprint density at radius 2 is 1.95 bits per heavy atom. The van der Waals surface area contributed by atoms with Crippen molar-refractivity contribution in [3.63, 3.8) is 0 Å². The maximum absolute atomic E-state index is 10.8. The summed E-state index contributed by atoms with van der Waals surface area (Å²) >= 11 is 0. The van der Waals surface area contributed by atoms with Crippen LogP contribution in [0.25, 0.3) is 11.0 Å². The number of nitro groups is 1. The highest BCUT2D eigenvalue weighted by Gasteiger charge is 2.19. The zero-order chi connectivity index (χ0) is 14.0. The fourth-order valence-electron chi connectivity index (χ4n) is 1.36. The van der Waals surface area contributed by atoms with Gasteiger partial charge in [-0.2, -0.15) is 4.99 Å². The monoisotopic (exact) mass is 264 g/mol. The first-order valence-electron chi connectivity index (χ1n) is 4.82. The van der Waals surface area contributed by atoms with E-state index >= 15 is 0 Å². The smallest absolute Gasteiger partial charge is 0.300 e. The number of aliphatic imine (C=N–C) groups is 2. The Hall–Kier alpha value is -3.24. The lowest BCUT2D eigenvalue weighted by molar-refractivity contribution is -0.383. The van der Waals surface area contributed by atoms with E-state index in [0.29, 0.717) is 0 Å². The molecule has 0 spiro atoms. The Kier molecular flexibility index (Phi) is 2.93. The van der Waals surface area contributed by atoms with Crippen LogP contribution in [0.15, 0.2) is 26.7 Å². The van der Waals surface area contributed by atoms with Crippen LogP contribution in [0.2, 0.25) is 0 Å². The van der Waals surface area contributed by atoms with Gasteiger partial charge < -0.3 is 17.2 Å². The number of non-ortho nitro benzene ring substituents is 1. The van der Waals surface area contributed by atoms with Crippen LogP contribution in [0.3, 0.4) is 0 Å². The fraction of sp³-hybridized carbons (Fsp3) is 0. The van der Waals surface area contributed by atoms with Gasteiger partial charge in [-0.25, -0.2) is 9.62 Å². The van der Waals surface area contributed by atoms with Gasteiger partial charge in [-0.05, 0) is 16.4 Å². The molecular weight excluding hydrogens is 256 g/mol. The molecule has 0 fully saturated rings. The highest BCUT2D eigenvalue weighted by molar-refractivity contribution is 5.98. The summed E-state index contributed by atoms with van der Waals surface area (Å²) in [7, 11) is 0. The van der Waals surface area contributed by atoms with Gasteiger partial charge in [0.1, 0.15) is 0 Å². The molecule has 2 aromatic rings. The minimum Gasteiger partial charge on any atom is -0.370 e. The van der Waals surface area contributed by atoms with Crippen molar-refractivity contribution in [3.8, 4) is 0 Å². The molecule has 0 aliphatic carbocycles. The molecule has 0 bridgehead atoms. The molecule has 0 atom stereocenters. The van der Waals surface area contributed by atoms with Gasteiger partial charge >= 0.3 is 5.69 Å². The molecule has 11 heteroatoms. The Morgan fingerprint density at radius 3 is 2.58 bits per heavy atom. The van der Waals surface area contributed by atoms with Gasteiger partial charge in [-0.1, -0.05) is 0 Å². The summed E-state index contributed by atoms with van der Waals surface area (Å²) < 4.78 is 4.46. The number of fused-ring (bicyclic) bond motifs is 1. The molecule has 11 nitrogen and oxygen atoms in total. The second-order valence-corrected chi connectivity index (χ2v) is 3.33. The van der Waals surface area contributed by atoms with Crippen LogP contribution in [0.1, 0.15) is 0 Å². The molecule has 6 N–H and O–H groups in total. The fourth-order valence-corrected chi connectivity index (χ4v) is 1.36. The molecule has 0 radical (unpaired) electrons. The summed E-state index contributed by atoms with van der Waals surface area (Å²) in [5.74, 6) is -0.490. The molecule has 0 amide bonds. The summed E-state index contributed by atoms with van der Waals surface area (Å²) in [6, 6.07) is 2.54. The Morgan fingerprint density at radius 1 is 1.26 bits per heavy atom. The summed E-state index contributed by atoms with van der Waals surface area (Å²) in [4.78, 5) is 17.5. The lowest BCUT2D eigenvalue weighted by atomic mass is 10.2. The van der Waals surface area contributed by atoms with Gasteiger partial charge in [0.2, 0.25) is 11.5 Å². The minimum atomic E-state index is -0.612. The Bertz CT molecular complexity index is 699. The minimum absolute atomic E-state index is 0.0382. The van der Waals surface area contributed by atoms with Crippen molar-refractivity contribution in [3.05, 3.63) is 22.2 Å². The van der Waals surface area contributed by atoms with Gasteiger partial charge in [-0.15, -0.1) is 0 Å². The number of hydrogen-bond donors (Lipinski definition) is 3. The molecule has 1 heterocycles. The second kappa shape index (κ2) is 4.56. The summed E-state index contributed by atoms with van der Waals surface area (Å²) in [5, 5.41) is 17.7. The average Bonchev–Trinajstić information content (AvgIpc) is 2.76. The quantitative estimate of drug-likeness (QED) is 0.276. The highest BCUT2D eigenvalue weighted by atomic mass is 16.6. The topological polar surface area (TPSA) is 185 Å². The SMILES string of the molecule is NC(N)=NC(N)=Nc1ccc([N+](=O)[O-])c2nonc12. The van der Waals surface area contributed by atoms with E-state index in [1.807, 2.05) is 0 Å². The van der Waals surface area contributed by atoms with Crippen LogP contribution in [-0.4, -0.2) is 27.2 Å². The van der Waals surface area contributed by atoms with Crippen LogP contribution in [-0.2, 0) is 0 Å². The third-order valence-electron chi connectivity index (χ3n) is 2.05. The average molecular weight is 264 g/mol. The van der Waals surface area contributed by atoms with Crippen LogP contribution in [0, 0.1) is 10.1 Å². The summed E-state index contributed by atoms with van der Waals surface area (Å²) in [6.45, 7) is 0. The second-order valence-electron chi connectivity index (χ2n) is 3.33. The van der Waals surface area contributed by atoms with Crippen molar-refractivity contribution in [2.24, 2.45) is 27.2 Å². The largest absolute Gasteiger partial charge is 0.370 e. The number of nitrogens with zero attached hydrogens (tertiary/aromatic N) is 5. The first-order valence-corrected chi connectivity index (χ1v) is 4.82. The third kappa shape index (κ3) is 2.38. The summed E-state index contributed by atoms with van der Waals surface area (Å²) in [5.41, 5.74) is 15.7. The lowest BCUT2D eigenvalue weighted by Crippen LogP contribution is -2.26. The van der Waals surface area contributed by atoms with Crippen molar-refractivity contribution in [1.82, 2.24) is 10.3 Å². The van der Waals surface area contributed by atoms with Gasteiger partial charge in [0.15, 0.2) is 11.5 Å². The number of benzene rings is 1. The normalized spacial score (nSPS) is 11.5. The third-order valence-corrected chi connectivity index (χ3v) is 2.05. The van der Waals surface area contributed by atoms with Crippen molar-refractivity contribution in [2.75, 3.05) is 0 Å². The molecule has 0 aliphatic heterocycles. The van der Waals surface area contributed by atoms with E-state index in [1.54, 1.807) is 0 Å². The van der Waals surface area contributed by atoms with E-state index in [0.717, 1.165) is 0 Å². The number of aromatic nitrogens is 2. The Labute approximate surface area is 104 Å². The molecule has 0 saturated heterocycles. The highest BCUT2D eigenvalue weighted by Crippen LogP contribution is 2.30. The van der Waals surface area contributed by atoms with Crippen molar-refractivity contribution in [1.29, 1.82) is 0 Å². The molecule has 19 heavy (non-hydrogen) atoms. The van der Waals surface area contributed by atoms with Crippen molar-refractivity contribution >= 4 is 34.3 Å². The van der Waals surface area contributed by atoms with Crippen molar-refractivity contribution < 1.29 is 9.55 Å². The van der Waals surface area contributed by atoms with E-state index in [9.17, 15) is 10.1 Å². The zero-order valence-corrected chi connectivity index (χ0v) is 9.35. The molecular formula is C8H8N8O3. The van der Waals surface area contributed by atoms with E-state index in [-0.39, 0.29) is 34.3 Å². The maximum Gasteiger partial charge on any atom is 0.300 e.